The van der Waals surface area contributed by atoms with Crippen LogP contribution in [0, 0.1) is 0 Å². The molecule has 0 spiro atoms. The summed E-state index contributed by atoms with van der Waals surface area (Å²) in [4.78, 5) is 12.5. The molecule has 0 bridgehead atoms. The van der Waals surface area contributed by atoms with Crippen molar-refractivity contribution in [1.29, 1.82) is 0 Å². The Labute approximate surface area is 169 Å². The number of carbonyl (C=O) groups excluding carboxylic acids is 1. The Kier molecular flexibility index (Phi) is 6.29. The van der Waals surface area contributed by atoms with Gasteiger partial charge >= 0.3 is 0 Å². The molecule has 1 amide bonds. The third kappa shape index (κ3) is 4.94. The van der Waals surface area contributed by atoms with E-state index in [4.69, 9.17) is 23.2 Å². The van der Waals surface area contributed by atoms with E-state index in [2.05, 4.69) is 5.32 Å². The Morgan fingerprint density at radius 2 is 1.93 bits per heavy atom. The first kappa shape index (κ1) is 20.0. The van der Waals surface area contributed by atoms with Crippen LogP contribution in [0.4, 0.5) is 5.69 Å². The summed E-state index contributed by atoms with van der Waals surface area (Å²) in [6.07, 6.45) is 2.08. The minimum absolute atomic E-state index is 0.122. The molecule has 2 aromatic carbocycles. The minimum atomic E-state index is -3.34. The van der Waals surface area contributed by atoms with Gasteiger partial charge in [-0.05, 0) is 55.2 Å². The second-order valence-corrected chi connectivity index (χ2v) is 9.25. The number of carbonyl (C=O) groups is 1. The van der Waals surface area contributed by atoms with E-state index in [1.54, 1.807) is 24.3 Å². The van der Waals surface area contributed by atoms with Gasteiger partial charge in [0.05, 0.1) is 22.0 Å². The van der Waals surface area contributed by atoms with Crippen LogP contribution >= 0.6 is 23.2 Å². The van der Waals surface area contributed by atoms with Crippen molar-refractivity contribution >= 4 is 44.8 Å². The average Bonchev–Trinajstić information content (AvgIpc) is 2.62. The summed E-state index contributed by atoms with van der Waals surface area (Å²) in [5.41, 5.74) is 1.75. The van der Waals surface area contributed by atoms with Gasteiger partial charge in [-0.2, -0.15) is 0 Å². The zero-order valence-electron chi connectivity index (χ0n) is 14.6. The van der Waals surface area contributed by atoms with Crippen LogP contribution in [0.3, 0.4) is 0 Å². The summed E-state index contributed by atoms with van der Waals surface area (Å²) in [7, 11) is -3.34. The Bertz CT molecular complexity index is 948. The highest BCUT2D eigenvalue weighted by atomic mass is 35.5. The van der Waals surface area contributed by atoms with Crippen molar-refractivity contribution < 1.29 is 13.2 Å². The molecule has 0 radical (unpaired) electrons. The number of hydrogen-bond acceptors (Lipinski definition) is 3. The second kappa shape index (κ2) is 8.50. The van der Waals surface area contributed by atoms with Gasteiger partial charge in [-0.15, -0.1) is 0 Å². The molecule has 1 aliphatic rings. The molecule has 144 valence electrons. The third-order valence-corrected chi connectivity index (χ3v) is 6.85. The summed E-state index contributed by atoms with van der Waals surface area (Å²) in [5, 5.41) is 3.76. The fourth-order valence-electron chi connectivity index (χ4n) is 3.03. The molecule has 0 saturated carbocycles. The van der Waals surface area contributed by atoms with E-state index < -0.39 is 10.0 Å². The highest BCUT2D eigenvalue weighted by molar-refractivity contribution is 7.92. The summed E-state index contributed by atoms with van der Waals surface area (Å²) in [5.74, 6) is -0.213. The Morgan fingerprint density at radius 3 is 2.67 bits per heavy atom. The lowest BCUT2D eigenvalue weighted by molar-refractivity contribution is 0.0954. The van der Waals surface area contributed by atoms with Crippen LogP contribution < -0.4 is 9.62 Å². The number of rotatable bonds is 5. The second-order valence-electron chi connectivity index (χ2n) is 6.40. The van der Waals surface area contributed by atoms with Crippen molar-refractivity contribution in [3.05, 3.63) is 63.6 Å². The maximum atomic E-state index is 12.5. The van der Waals surface area contributed by atoms with E-state index in [0.717, 1.165) is 12.0 Å². The molecule has 1 heterocycles. The van der Waals surface area contributed by atoms with Crippen LogP contribution in [0.25, 0.3) is 0 Å². The number of nitrogens with zero attached hydrogens (tertiary/aromatic N) is 1. The third-order valence-electron chi connectivity index (χ3n) is 4.42. The van der Waals surface area contributed by atoms with Crippen molar-refractivity contribution in [3.8, 4) is 0 Å². The number of hydrogen-bond donors (Lipinski definition) is 1. The van der Waals surface area contributed by atoms with Crippen LogP contribution in [0.5, 0.6) is 0 Å². The molecule has 3 rings (SSSR count). The van der Waals surface area contributed by atoms with Crippen molar-refractivity contribution in [2.75, 3.05) is 23.1 Å². The first-order valence-corrected chi connectivity index (χ1v) is 11.1. The molecule has 1 fully saturated rings. The van der Waals surface area contributed by atoms with Crippen LogP contribution in [0.2, 0.25) is 10.0 Å². The Hall–Kier alpha value is -1.76. The molecular weight excluding hydrogens is 407 g/mol. The van der Waals surface area contributed by atoms with E-state index in [1.165, 1.54) is 4.31 Å². The van der Waals surface area contributed by atoms with E-state index in [9.17, 15) is 13.2 Å². The molecule has 0 atom stereocenters. The van der Waals surface area contributed by atoms with Gasteiger partial charge in [0.25, 0.3) is 5.91 Å². The van der Waals surface area contributed by atoms with E-state index in [0.29, 0.717) is 36.6 Å². The maximum absolute atomic E-state index is 12.5. The lowest BCUT2D eigenvalue weighted by atomic mass is 10.1. The molecule has 2 aromatic rings. The largest absolute Gasteiger partial charge is 0.352 e. The average molecular weight is 427 g/mol. The number of sulfonamides is 1. The number of nitrogens with one attached hydrogen (secondary N) is 1. The van der Waals surface area contributed by atoms with E-state index in [-0.39, 0.29) is 22.2 Å². The van der Waals surface area contributed by atoms with Crippen LogP contribution in [-0.4, -0.2) is 33.2 Å². The van der Waals surface area contributed by atoms with Gasteiger partial charge < -0.3 is 5.32 Å². The van der Waals surface area contributed by atoms with Gasteiger partial charge in [0.2, 0.25) is 10.0 Å². The highest BCUT2D eigenvalue weighted by Gasteiger charge is 2.27. The molecule has 0 aromatic heterocycles. The molecule has 1 N–H and O–H groups in total. The monoisotopic (exact) mass is 426 g/mol. The standard InChI is InChI=1S/C19H20Cl2N2O3S/c20-15-5-3-4-14(12-15)8-9-22-19(24)17-13-16(6-7-18(17)21)23-10-1-2-11-27(23,25)26/h3-7,12-13H,1-2,8-11H2,(H,22,24). The molecule has 5 nitrogen and oxygen atoms in total. The molecular formula is C19H20Cl2N2O3S. The Balaban J connectivity index is 1.71. The molecule has 8 heteroatoms. The normalized spacial score (nSPS) is 16.1. The summed E-state index contributed by atoms with van der Waals surface area (Å²) in [6.45, 7) is 0.835. The van der Waals surface area contributed by atoms with Crippen LogP contribution in [0.1, 0.15) is 28.8 Å². The lowest BCUT2D eigenvalue weighted by Crippen LogP contribution is -2.38. The van der Waals surface area contributed by atoms with Gasteiger partial charge in [0.1, 0.15) is 0 Å². The molecule has 0 unspecified atom stereocenters. The van der Waals surface area contributed by atoms with E-state index in [1.807, 2.05) is 18.2 Å². The van der Waals surface area contributed by atoms with Crippen LogP contribution in [-0.2, 0) is 16.4 Å². The van der Waals surface area contributed by atoms with Gasteiger partial charge in [0, 0.05) is 18.1 Å². The fourth-order valence-corrected chi connectivity index (χ4v) is 5.08. The summed E-state index contributed by atoms with van der Waals surface area (Å²) in [6, 6.07) is 12.2. The molecule has 27 heavy (non-hydrogen) atoms. The number of benzene rings is 2. The first-order chi connectivity index (χ1) is 12.9. The number of anilines is 1. The van der Waals surface area contributed by atoms with Gasteiger partial charge in [-0.3, -0.25) is 9.10 Å². The van der Waals surface area contributed by atoms with Crippen molar-refractivity contribution in [1.82, 2.24) is 5.32 Å². The maximum Gasteiger partial charge on any atom is 0.252 e. The van der Waals surface area contributed by atoms with Gasteiger partial charge in [-0.1, -0.05) is 35.3 Å². The van der Waals surface area contributed by atoms with Gasteiger partial charge in [0.15, 0.2) is 0 Å². The molecule has 0 aliphatic carbocycles. The lowest BCUT2D eigenvalue weighted by Gasteiger charge is -2.28. The molecule has 1 aliphatic heterocycles. The van der Waals surface area contributed by atoms with Crippen molar-refractivity contribution in [2.24, 2.45) is 0 Å². The predicted molar refractivity (Wildman–Crippen MR) is 109 cm³/mol. The van der Waals surface area contributed by atoms with Crippen LogP contribution in [0.15, 0.2) is 42.5 Å². The minimum Gasteiger partial charge on any atom is -0.352 e. The van der Waals surface area contributed by atoms with Gasteiger partial charge in [-0.25, -0.2) is 8.42 Å². The summed E-state index contributed by atoms with van der Waals surface area (Å²) >= 11 is 12.1. The SMILES string of the molecule is O=C(NCCc1cccc(Cl)c1)c1cc(N2CCCCS2(=O)=O)ccc1Cl. The zero-order chi connectivity index (χ0) is 19.4. The number of amides is 1. The topological polar surface area (TPSA) is 66.5 Å². The predicted octanol–water partition coefficient (Wildman–Crippen LogP) is 3.90. The first-order valence-electron chi connectivity index (χ1n) is 8.69. The Morgan fingerprint density at radius 1 is 1.11 bits per heavy atom. The van der Waals surface area contributed by atoms with E-state index >= 15 is 0 Å². The van der Waals surface area contributed by atoms with Crippen molar-refractivity contribution in [2.45, 2.75) is 19.3 Å². The zero-order valence-corrected chi connectivity index (χ0v) is 16.9. The quantitative estimate of drug-likeness (QED) is 0.787. The molecule has 1 saturated heterocycles. The summed E-state index contributed by atoms with van der Waals surface area (Å²) < 4.78 is 25.9. The highest BCUT2D eigenvalue weighted by Crippen LogP contribution is 2.28. The smallest absolute Gasteiger partial charge is 0.252 e. The van der Waals surface area contributed by atoms with Crippen molar-refractivity contribution in [3.63, 3.8) is 0 Å². The number of halogens is 2. The fraction of sp³-hybridized carbons (Fsp3) is 0.316.